The number of nitrogens with one attached hydrogen (secondary N) is 1. The van der Waals surface area contributed by atoms with E-state index in [1.807, 2.05) is 56.3 Å². The SMILES string of the molecule is Cc1ccc(-n2nnnc2SCC(=O)N[C@@H](C)c2ccccc2Cl)cc1C. The first-order valence-corrected chi connectivity index (χ1v) is 9.84. The van der Waals surface area contributed by atoms with Crippen molar-refractivity contribution in [1.82, 2.24) is 25.5 Å². The molecule has 0 spiro atoms. The van der Waals surface area contributed by atoms with Crippen molar-refractivity contribution in [3.8, 4) is 5.69 Å². The summed E-state index contributed by atoms with van der Waals surface area (Å²) in [6, 6.07) is 13.3. The van der Waals surface area contributed by atoms with Gasteiger partial charge in [0.1, 0.15) is 0 Å². The van der Waals surface area contributed by atoms with Crippen LogP contribution in [0.3, 0.4) is 0 Å². The third-order valence-electron chi connectivity index (χ3n) is 4.26. The topological polar surface area (TPSA) is 72.7 Å². The van der Waals surface area contributed by atoms with Gasteiger partial charge in [0, 0.05) is 5.02 Å². The molecule has 2 aromatic carbocycles. The summed E-state index contributed by atoms with van der Waals surface area (Å²) in [6.07, 6.45) is 0. The molecule has 0 aliphatic heterocycles. The lowest BCUT2D eigenvalue weighted by Crippen LogP contribution is -2.28. The average molecular weight is 402 g/mol. The highest BCUT2D eigenvalue weighted by molar-refractivity contribution is 7.99. The van der Waals surface area contributed by atoms with E-state index < -0.39 is 0 Å². The highest BCUT2D eigenvalue weighted by Gasteiger charge is 2.15. The van der Waals surface area contributed by atoms with Gasteiger partial charge in [0.15, 0.2) is 0 Å². The number of amides is 1. The molecule has 0 unspecified atom stereocenters. The van der Waals surface area contributed by atoms with E-state index in [0.29, 0.717) is 10.2 Å². The molecule has 8 heteroatoms. The van der Waals surface area contributed by atoms with E-state index in [4.69, 9.17) is 11.6 Å². The van der Waals surface area contributed by atoms with Gasteiger partial charge in [-0.15, -0.1) is 5.10 Å². The Balaban J connectivity index is 1.64. The molecule has 0 saturated heterocycles. The predicted octanol–water partition coefficient (Wildman–Crippen LogP) is 3.90. The molecule has 1 N–H and O–H groups in total. The number of carbonyl (C=O) groups excluding carboxylic acids is 1. The molecule has 0 aliphatic rings. The normalized spacial score (nSPS) is 12.0. The maximum Gasteiger partial charge on any atom is 0.230 e. The molecule has 140 valence electrons. The van der Waals surface area contributed by atoms with Crippen molar-refractivity contribution in [2.45, 2.75) is 32.0 Å². The molecule has 0 saturated carbocycles. The van der Waals surface area contributed by atoms with Gasteiger partial charge < -0.3 is 5.32 Å². The van der Waals surface area contributed by atoms with Gasteiger partial charge in [-0.3, -0.25) is 4.79 Å². The Morgan fingerprint density at radius 1 is 1.22 bits per heavy atom. The molecule has 3 aromatic rings. The Morgan fingerprint density at radius 3 is 2.74 bits per heavy atom. The summed E-state index contributed by atoms with van der Waals surface area (Å²) in [4.78, 5) is 12.3. The van der Waals surface area contributed by atoms with Crippen molar-refractivity contribution in [2.24, 2.45) is 0 Å². The zero-order valence-corrected chi connectivity index (χ0v) is 16.9. The molecular formula is C19H20ClN5OS. The first-order chi connectivity index (χ1) is 13.0. The van der Waals surface area contributed by atoms with Gasteiger partial charge in [-0.1, -0.05) is 47.6 Å². The van der Waals surface area contributed by atoms with Crippen molar-refractivity contribution in [3.05, 3.63) is 64.2 Å². The van der Waals surface area contributed by atoms with Crippen molar-refractivity contribution >= 4 is 29.3 Å². The average Bonchev–Trinajstić information content (AvgIpc) is 3.11. The van der Waals surface area contributed by atoms with E-state index >= 15 is 0 Å². The second-order valence-electron chi connectivity index (χ2n) is 6.24. The highest BCUT2D eigenvalue weighted by Crippen LogP contribution is 2.23. The van der Waals surface area contributed by atoms with Gasteiger partial charge in [0.05, 0.1) is 17.5 Å². The molecule has 3 rings (SSSR count). The molecule has 0 fully saturated rings. The number of aryl methyl sites for hydroxylation is 2. The Morgan fingerprint density at radius 2 is 2.00 bits per heavy atom. The molecule has 1 heterocycles. The van der Waals surface area contributed by atoms with Gasteiger partial charge in [-0.05, 0) is 66.1 Å². The van der Waals surface area contributed by atoms with Crippen molar-refractivity contribution in [3.63, 3.8) is 0 Å². The lowest BCUT2D eigenvalue weighted by molar-refractivity contribution is -0.119. The number of rotatable bonds is 6. The minimum absolute atomic E-state index is 0.109. The van der Waals surface area contributed by atoms with E-state index in [1.54, 1.807) is 4.68 Å². The van der Waals surface area contributed by atoms with E-state index in [2.05, 4.69) is 27.8 Å². The number of carbonyl (C=O) groups is 1. The van der Waals surface area contributed by atoms with E-state index in [0.717, 1.165) is 16.8 Å². The van der Waals surface area contributed by atoms with Crippen molar-refractivity contribution in [2.75, 3.05) is 5.75 Å². The first-order valence-electron chi connectivity index (χ1n) is 8.48. The third-order valence-corrected chi connectivity index (χ3v) is 5.52. The van der Waals surface area contributed by atoms with Crippen LogP contribution in [0.2, 0.25) is 5.02 Å². The summed E-state index contributed by atoms with van der Waals surface area (Å²) in [7, 11) is 0. The van der Waals surface area contributed by atoms with Gasteiger partial charge >= 0.3 is 0 Å². The minimum Gasteiger partial charge on any atom is -0.349 e. The molecule has 0 bridgehead atoms. The molecule has 1 atom stereocenters. The Hall–Kier alpha value is -2.38. The molecule has 1 aromatic heterocycles. The molecule has 6 nitrogen and oxygen atoms in total. The number of benzene rings is 2. The number of hydrogen-bond donors (Lipinski definition) is 1. The maximum atomic E-state index is 12.3. The van der Waals surface area contributed by atoms with Crippen LogP contribution in [0.15, 0.2) is 47.6 Å². The van der Waals surface area contributed by atoms with Crippen LogP contribution in [0, 0.1) is 13.8 Å². The fraction of sp³-hybridized carbons (Fsp3) is 0.263. The summed E-state index contributed by atoms with van der Waals surface area (Å²) < 4.78 is 1.64. The third kappa shape index (κ3) is 4.67. The minimum atomic E-state index is -0.178. The number of nitrogens with zero attached hydrogens (tertiary/aromatic N) is 4. The van der Waals surface area contributed by atoms with Crippen LogP contribution in [-0.4, -0.2) is 31.9 Å². The molecule has 0 aliphatic carbocycles. The number of tetrazole rings is 1. The first kappa shape index (κ1) is 19.4. The lowest BCUT2D eigenvalue weighted by Gasteiger charge is -2.15. The maximum absolute atomic E-state index is 12.3. The molecule has 0 radical (unpaired) electrons. The van der Waals surface area contributed by atoms with Gasteiger partial charge in [-0.2, -0.15) is 4.68 Å². The van der Waals surface area contributed by atoms with Gasteiger partial charge in [0.2, 0.25) is 11.1 Å². The van der Waals surface area contributed by atoms with Crippen LogP contribution >= 0.6 is 23.4 Å². The van der Waals surface area contributed by atoms with Crippen LogP contribution < -0.4 is 5.32 Å². The van der Waals surface area contributed by atoms with E-state index in [9.17, 15) is 4.79 Å². The summed E-state index contributed by atoms with van der Waals surface area (Å²) in [5.41, 5.74) is 4.12. The predicted molar refractivity (Wildman–Crippen MR) is 107 cm³/mol. The molecule has 27 heavy (non-hydrogen) atoms. The second-order valence-corrected chi connectivity index (χ2v) is 7.59. The quantitative estimate of drug-likeness (QED) is 0.634. The van der Waals surface area contributed by atoms with Crippen molar-refractivity contribution < 1.29 is 4.79 Å². The van der Waals surface area contributed by atoms with Crippen LogP contribution in [0.5, 0.6) is 0 Å². The monoisotopic (exact) mass is 401 g/mol. The van der Waals surface area contributed by atoms with Gasteiger partial charge in [-0.25, -0.2) is 0 Å². The van der Waals surface area contributed by atoms with E-state index in [1.165, 1.54) is 17.3 Å². The largest absolute Gasteiger partial charge is 0.349 e. The number of halogens is 1. The summed E-state index contributed by atoms with van der Waals surface area (Å²) in [6.45, 7) is 6.00. The molecule has 1 amide bonds. The summed E-state index contributed by atoms with van der Waals surface area (Å²) >= 11 is 7.48. The summed E-state index contributed by atoms with van der Waals surface area (Å²) in [5.74, 6) is 0.0991. The van der Waals surface area contributed by atoms with Gasteiger partial charge in [0.25, 0.3) is 0 Å². The van der Waals surface area contributed by atoms with E-state index in [-0.39, 0.29) is 17.7 Å². The van der Waals surface area contributed by atoms with Crippen LogP contribution in [0.25, 0.3) is 5.69 Å². The van der Waals surface area contributed by atoms with Crippen LogP contribution in [-0.2, 0) is 4.79 Å². The number of hydrogen-bond acceptors (Lipinski definition) is 5. The summed E-state index contributed by atoms with van der Waals surface area (Å²) in [5, 5.41) is 16.0. The fourth-order valence-electron chi connectivity index (χ4n) is 2.61. The van der Waals surface area contributed by atoms with Crippen LogP contribution in [0.1, 0.15) is 29.7 Å². The second kappa shape index (κ2) is 8.54. The molecular weight excluding hydrogens is 382 g/mol. The number of aromatic nitrogens is 4. The number of thioether (sulfide) groups is 1. The van der Waals surface area contributed by atoms with Crippen LogP contribution in [0.4, 0.5) is 0 Å². The lowest BCUT2D eigenvalue weighted by atomic mass is 10.1. The standard InChI is InChI=1S/C19H20ClN5OS/c1-12-8-9-15(10-13(12)2)25-19(22-23-24-25)27-11-18(26)21-14(3)16-6-4-5-7-17(16)20/h4-10,14H,11H2,1-3H3,(H,21,26)/t14-/m0/s1. The smallest absolute Gasteiger partial charge is 0.230 e. The highest BCUT2D eigenvalue weighted by atomic mass is 35.5. The fourth-order valence-corrected chi connectivity index (χ4v) is 3.61. The zero-order valence-electron chi connectivity index (χ0n) is 15.3. The Bertz CT molecular complexity index is 959. The zero-order chi connectivity index (χ0) is 19.4. The Labute approximate surface area is 167 Å². The Kier molecular flexibility index (Phi) is 6.13. The van der Waals surface area contributed by atoms with Crippen molar-refractivity contribution in [1.29, 1.82) is 0 Å².